The van der Waals surface area contributed by atoms with Crippen molar-refractivity contribution in [2.24, 2.45) is 0 Å². The predicted molar refractivity (Wildman–Crippen MR) is 49.2 cm³/mol. The molecule has 0 bridgehead atoms. The Morgan fingerprint density at radius 2 is 2.07 bits per heavy atom. The molecule has 0 spiro atoms. The molecule has 0 aromatic carbocycles. The largest absolute Gasteiger partial charge is 0.401 e. The van der Waals surface area contributed by atoms with Gasteiger partial charge in [-0.05, 0) is 26.4 Å². The number of nitrogens with zero attached hydrogens (tertiary/aromatic N) is 1. The highest BCUT2D eigenvalue weighted by atomic mass is 19.4. The highest BCUT2D eigenvalue weighted by molar-refractivity contribution is 4.75. The first-order valence-electron chi connectivity index (χ1n) is 4.96. The summed E-state index contributed by atoms with van der Waals surface area (Å²) in [5.41, 5.74) is 0. The zero-order valence-electron chi connectivity index (χ0n) is 8.40. The van der Waals surface area contributed by atoms with Crippen LogP contribution in [0.15, 0.2) is 0 Å². The standard InChI is InChI=1S/C9H17F3N2/c1-14(7-9(10,11)12)6-8-4-2-3-5-13-8/h8,13H,2-7H2,1H3/t8-/m0/s1. The molecule has 1 N–H and O–H groups in total. The van der Waals surface area contributed by atoms with E-state index in [0.29, 0.717) is 6.54 Å². The smallest absolute Gasteiger partial charge is 0.313 e. The van der Waals surface area contributed by atoms with Crippen LogP contribution < -0.4 is 5.32 Å². The molecule has 0 saturated carbocycles. The minimum absolute atomic E-state index is 0.232. The van der Waals surface area contributed by atoms with E-state index in [-0.39, 0.29) is 6.04 Å². The second-order valence-corrected chi connectivity index (χ2v) is 3.96. The summed E-state index contributed by atoms with van der Waals surface area (Å²) in [6.07, 6.45) is -0.831. The second-order valence-electron chi connectivity index (χ2n) is 3.96. The first kappa shape index (κ1) is 11.8. The van der Waals surface area contributed by atoms with Crippen LogP contribution in [0, 0.1) is 0 Å². The van der Waals surface area contributed by atoms with Crippen molar-refractivity contribution in [3.05, 3.63) is 0 Å². The summed E-state index contributed by atoms with van der Waals surface area (Å²) >= 11 is 0. The third-order valence-electron chi connectivity index (χ3n) is 2.39. The number of piperidine rings is 1. The SMILES string of the molecule is CN(C[C@@H]1CCCCN1)CC(F)(F)F. The van der Waals surface area contributed by atoms with Gasteiger partial charge in [-0.15, -0.1) is 0 Å². The third-order valence-corrected chi connectivity index (χ3v) is 2.39. The van der Waals surface area contributed by atoms with Crippen LogP contribution in [-0.4, -0.2) is 43.8 Å². The van der Waals surface area contributed by atoms with Crippen LogP contribution >= 0.6 is 0 Å². The fourth-order valence-corrected chi connectivity index (χ4v) is 1.83. The zero-order chi connectivity index (χ0) is 10.6. The van der Waals surface area contributed by atoms with Gasteiger partial charge in [-0.2, -0.15) is 13.2 Å². The van der Waals surface area contributed by atoms with E-state index >= 15 is 0 Å². The van der Waals surface area contributed by atoms with Gasteiger partial charge in [0.05, 0.1) is 6.54 Å². The molecule has 1 rings (SSSR count). The molecule has 0 aromatic rings. The quantitative estimate of drug-likeness (QED) is 0.761. The van der Waals surface area contributed by atoms with Gasteiger partial charge in [0.15, 0.2) is 0 Å². The lowest BCUT2D eigenvalue weighted by atomic mass is 10.0. The van der Waals surface area contributed by atoms with Crippen LogP contribution in [0.3, 0.4) is 0 Å². The van der Waals surface area contributed by atoms with Gasteiger partial charge in [0.1, 0.15) is 0 Å². The zero-order valence-corrected chi connectivity index (χ0v) is 8.40. The minimum Gasteiger partial charge on any atom is -0.313 e. The Kier molecular flexibility index (Phi) is 4.19. The van der Waals surface area contributed by atoms with Crippen LogP contribution in [0.1, 0.15) is 19.3 Å². The molecule has 1 aliphatic rings. The molecule has 1 atom stereocenters. The van der Waals surface area contributed by atoms with Crippen molar-refractivity contribution in [1.29, 1.82) is 0 Å². The summed E-state index contributed by atoms with van der Waals surface area (Å²) in [6.45, 7) is 0.606. The number of nitrogens with one attached hydrogen (secondary N) is 1. The Labute approximate surface area is 82.5 Å². The fourth-order valence-electron chi connectivity index (χ4n) is 1.83. The van der Waals surface area contributed by atoms with Crippen LogP contribution in [0.5, 0.6) is 0 Å². The van der Waals surface area contributed by atoms with E-state index in [4.69, 9.17) is 0 Å². The van der Waals surface area contributed by atoms with Crippen LogP contribution in [0.4, 0.5) is 13.2 Å². The second kappa shape index (κ2) is 4.98. The van der Waals surface area contributed by atoms with E-state index < -0.39 is 12.7 Å². The minimum atomic E-state index is -4.08. The van der Waals surface area contributed by atoms with Crippen molar-refractivity contribution >= 4 is 0 Å². The van der Waals surface area contributed by atoms with E-state index in [1.165, 1.54) is 11.9 Å². The number of likely N-dealkylation sites (N-methyl/N-ethyl adjacent to an activating group) is 1. The molecular weight excluding hydrogens is 193 g/mol. The Balaban J connectivity index is 2.21. The lowest BCUT2D eigenvalue weighted by molar-refractivity contribution is -0.143. The number of halogens is 3. The molecule has 0 amide bonds. The van der Waals surface area contributed by atoms with Gasteiger partial charge in [-0.25, -0.2) is 0 Å². The number of rotatable bonds is 3. The van der Waals surface area contributed by atoms with Gasteiger partial charge in [0.25, 0.3) is 0 Å². The Morgan fingerprint density at radius 1 is 1.36 bits per heavy atom. The lowest BCUT2D eigenvalue weighted by Gasteiger charge is -2.28. The van der Waals surface area contributed by atoms with Crippen LogP contribution in [0.2, 0.25) is 0 Å². The van der Waals surface area contributed by atoms with E-state index in [0.717, 1.165) is 25.8 Å². The Bertz CT molecular complexity index is 164. The van der Waals surface area contributed by atoms with Gasteiger partial charge < -0.3 is 5.32 Å². The summed E-state index contributed by atoms with van der Waals surface area (Å²) in [7, 11) is 1.52. The van der Waals surface area contributed by atoms with Crippen molar-refractivity contribution in [1.82, 2.24) is 10.2 Å². The van der Waals surface area contributed by atoms with Gasteiger partial charge in [0.2, 0.25) is 0 Å². The molecule has 0 aromatic heterocycles. The number of hydrogen-bond acceptors (Lipinski definition) is 2. The molecule has 1 aliphatic heterocycles. The van der Waals surface area contributed by atoms with Gasteiger partial charge in [-0.1, -0.05) is 6.42 Å². The van der Waals surface area contributed by atoms with Gasteiger partial charge >= 0.3 is 6.18 Å². The van der Waals surface area contributed by atoms with E-state index in [1.807, 2.05) is 0 Å². The number of alkyl halides is 3. The topological polar surface area (TPSA) is 15.3 Å². The summed E-state index contributed by atoms with van der Waals surface area (Å²) < 4.78 is 36.0. The average Bonchev–Trinajstić information content (AvgIpc) is 2.02. The summed E-state index contributed by atoms with van der Waals surface area (Å²) in [4.78, 5) is 1.34. The third kappa shape index (κ3) is 4.81. The van der Waals surface area contributed by atoms with Crippen molar-refractivity contribution < 1.29 is 13.2 Å². The predicted octanol–water partition coefficient (Wildman–Crippen LogP) is 1.62. The molecule has 0 aliphatic carbocycles. The van der Waals surface area contributed by atoms with Crippen LogP contribution in [-0.2, 0) is 0 Å². The van der Waals surface area contributed by atoms with Gasteiger partial charge in [0, 0.05) is 12.6 Å². The highest BCUT2D eigenvalue weighted by Gasteiger charge is 2.30. The van der Waals surface area contributed by atoms with E-state index in [1.54, 1.807) is 0 Å². The van der Waals surface area contributed by atoms with Crippen molar-refractivity contribution in [2.45, 2.75) is 31.5 Å². The fraction of sp³-hybridized carbons (Fsp3) is 1.00. The molecule has 1 heterocycles. The Morgan fingerprint density at radius 3 is 2.57 bits per heavy atom. The summed E-state index contributed by atoms with van der Waals surface area (Å²) in [5, 5.41) is 3.23. The maximum atomic E-state index is 12.0. The summed E-state index contributed by atoms with van der Waals surface area (Å²) in [5.74, 6) is 0. The van der Waals surface area contributed by atoms with E-state index in [2.05, 4.69) is 5.32 Å². The molecule has 0 radical (unpaired) electrons. The first-order chi connectivity index (χ1) is 6.47. The Hall–Kier alpha value is -0.290. The monoisotopic (exact) mass is 210 g/mol. The molecule has 2 nitrogen and oxygen atoms in total. The van der Waals surface area contributed by atoms with Crippen molar-refractivity contribution in [3.8, 4) is 0 Å². The van der Waals surface area contributed by atoms with E-state index in [9.17, 15) is 13.2 Å². The van der Waals surface area contributed by atoms with Gasteiger partial charge in [-0.3, -0.25) is 4.90 Å². The maximum Gasteiger partial charge on any atom is 0.401 e. The molecule has 84 valence electrons. The normalized spacial score (nSPS) is 24.2. The average molecular weight is 210 g/mol. The van der Waals surface area contributed by atoms with Crippen LogP contribution in [0.25, 0.3) is 0 Å². The lowest BCUT2D eigenvalue weighted by Crippen LogP contribution is -2.44. The van der Waals surface area contributed by atoms with Crippen molar-refractivity contribution in [2.75, 3.05) is 26.7 Å². The molecular formula is C9H17F3N2. The molecule has 14 heavy (non-hydrogen) atoms. The molecule has 1 saturated heterocycles. The maximum absolute atomic E-state index is 12.0. The summed E-state index contributed by atoms with van der Waals surface area (Å²) in [6, 6.07) is 0.232. The molecule has 5 heteroatoms. The number of hydrogen-bond donors (Lipinski definition) is 1. The first-order valence-corrected chi connectivity index (χ1v) is 4.96. The van der Waals surface area contributed by atoms with Crippen molar-refractivity contribution in [3.63, 3.8) is 0 Å². The molecule has 1 fully saturated rings. The highest BCUT2D eigenvalue weighted by Crippen LogP contribution is 2.16. The molecule has 0 unspecified atom stereocenters.